The van der Waals surface area contributed by atoms with Crippen molar-refractivity contribution >= 4 is 41.0 Å². The van der Waals surface area contributed by atoms with Gasteiger partial charge >= 0.3 is 18.2 Å². The molecule has 0 saturated heterocycles. The van der Waals surface area contributed by atoms with Crippen molar-refractivity contribution in [2.45, 2.75) is 77.0 Å². The molecule has 13 heteroatoms. The summed E-state index contributed by atoms with van der Waals surface area (Å²) in [5.41, 5.74) is 11.5. The van der Waals surface area contributed by atoms with Crippen LogP contribution in [0.3, 0.4) is 0 Å². The fourth-order valence-corrected chi connectivity index (χ4v) is 6.61. The quantitative estimate of drug-likeness (QED) is 0.0251. The Hall–Kier alpha value is -6.50. The molecule has 296 valence electrons. The highest BCUT2D eigenvalue weighted by Crippen LogP contribution is 2.27. The average molecular weight is 774 g/mol. The van der Waals surface area contributed by atoms with E-state index in [0.29, 0.717) is 29.0 Å². The molecule has 1 saturated carbocycles. The Bertz CT molecular complexity index is 2150. The lowest BCUT2D eigenvalue weighted by atomic mass is 9.98. The average Bonchev–Trinajstić information content (AvgIpc) is 3.60. The Morgan fingerprint density at radius 1 is 0.789 bits per heavy atom. The minimum Gasteiger partial charge on any atom is -0.443 e. The Morgan fingerprint density at radius 3 is 2.23 bits per heavy atom. The second-order valence-electron chi connectivity index (χ2n) is 13.8. The Balaban J connectivity index is 1.07. The number of rotatable bonds is 16. The summed E-state index contributed by atoms with van der Waals surface area (Å²) in [6.07, 6.45) is 5.63. The van der Waals surface area contributed by atoms with Crippen LogP contribution in [0.15, 0.2) is 108 Å². The van der Waals surface area contributed by atoms with Crippen LogP contribution in [-0.4, -0.2) is 59.0 Å². The number of amides is 2. The number of hydrogen-bond acceptors (Lipinski definition) is 9. The van der Waals surface area contributed by atoms with E-state index in [1.165, 1.54) is 5.56 Å². The van der Waals surface area contributed by atoms with Crippen molar-refractivity contribution in [2.75, 3.05) is 13.3 Å². The first-order valence-electron chi connectivity index (χ1n) is 19.3. The molecule has 1 heterocycles. The number of fused-ring (bicyclic) bond motifs is 1. The molecule has 1 aromatic heterocycles. The summed E-state index contributed by atoms with van der Waals surface area (Å²) in [5, 5.41) is 2.74. The number of esters is 1. The lowest BCUT2D eigenvalue weighted by Gasteiger charge is -2.21. The van der Waals surface area contributed by atoms with Crippen LogP contribution >= 0.6 is 0 Å². The molecule has 2 amide bonds. The van der Waals surface area contributed by atoms with Gasteiger partial charge in [0, 0.05) is 29.8 Å². The molecule has 0 spiro atoms. The number of benzene rings is 4. The van der Waals surface area contributed by atoms with Crippen molar-refractivity contribution in [3.63, 3.8) is 0 Å². The van der Waals surface area contributed by atoms with Crippen molar-refractivity contribution in [3.8, 4) is 11.4 Å². The standard InChI is InChI=1S/C44H47N5O8/c45-40(48-43(52)54-29-32-15-6-2-7-16-32)33-19-21-34(22-20-33)41-47-37-28-35(23-24-38(37)49(41)27-11-10-14-31-12-4-1-5-13-31)42(51)46-26-25-39(50)55-30-56-44(53)57-36-17-8-3-9-18-36/h1-2,4-7,12-13,15-16,19-24,28,36H,3,8-11,14,17-18,25-27,29-30H2,(H,46,51)(H2,45,48,52). The zero-order valence-corrected chi connectivity index (χ0v) is 31.8. The van der Waals surface area contributed by atoms with E-state index in [2.05, 4.69) is 27.0 Å². The van der Waals surface area contributed by atoms with E-state index in [-0.39, 0.29) is 37.4 Å². The van der Waals surface area contributed by atoms with E-state index in [1.807, 2.05) is 66.7 Å². The summed E-state index contributed by atoms with van der Waals surface area (Å²) >= 11 is 0. The van der Waals surface area contributed by atoms with Gasteiger partial charge in [-0.3, -0.25) is 9.59 Å². The molecule has 4 aromatic carbocycles. The number of aromatic nitrogens is 2. The van der Waals surface area contributed by atoms with Crippen LogP contribution in [0, 0.1) is 0 Å². The first-order chi connectivity index (χ1) is 27.8. The molecule has 3 N–H and O–H groups in total. The van der Waals surface area contributed by atoms with Crippen molar-refractivity contribution in [1.82, 2.24) is 14.9 Å². The molecule has 1 aliphatic rings. The Labute approximate surface area is 331 Å². The second kappa shape index (κ2) is 20.4. The number of carbonyl (C=O) groups is 4. The molecule has 13 nitrogen and oxygen atoms in total. The smallest absolute Gasteiger partial charge is 0.443 e. The predicted octanol–water partition coefficient (Wildman–Crippen LogP) is 7.87. The molecule has 0 bridgehead atoms. The summed E-state index contributed by atoms with van der Waals surface area (Å²) in [5.74, 6) is -0.272. The van der Waals surface area contributed by atoms with E-state index >= 15 is 0 Å². The number of nitrogens with one attached hydrogen (secondary N) is 1. The largest absolute Gasteiger partial charge is 0.511 e. The molecular formula is C44H47N5O8. The highest BCUT2D eigenvalue weighted by atomic mass is 16.8. The van der Waals surface area contributed by atoms with E-state index in [0.717, 1.165) is 68.0 Å². The number of imidazole rings is 1. The zero-order valence-electron chi connectivity index (χ0n) is 31.8. The third-order valence-corrected chi connectivity index (χ3v) is 9.63. The van der Waals surface area contributed by atoms with Crippen molar-refractivity contribution in [1.29, 1.82) is 0 Å². The van der Waals surface area contributed by atoms with E-state index in [1.54, 1.807) is 24.3 Å². The van der Waals surface area contributed by atoms with Crippen molar-refractivity contribution < 1.29 is 38.1 Å². The maximum Gasteiger partial charge on any atom is 0.511 e. The van der Waals surface area contributed by atoms with Gasteiger partial charge in [-0.05, 0) is 74.3 Å². The Kier molecular flexibility index (Phi) is 14.4. The highest BCUT2D eigenvalue weighted by Gasteiger charge is 2.20. The van der Waals surface area contributed by atoms with Crippen molar-refractivity contribution in [2.24, 2.45) is 10.7 Å². The topological polar surface area (TPSA) is 173 Å². The number of ether oxygens (including phenoxy) is 4. The summed E-state index contributed by atoms with van der Waals surface area (Å²) in [6, 6.07) is 32.3. The number of carbonyl (C=O) groups excluding carboxylic acids is 4. The summed E-state index contributed by atoms with van der Waals surface area (Å²) in [7, 11) is 0. The number of hydrogen-bond donors (Lipinski definition) is 2. The van der Waals surface area contributed by atoms with Crippen LogP contribution in [0.2, 0.25) is 0 Å². The molecule has 1 aliphatic carbocycles. The molecule has 0 atom stereocenters. The predicted molar refractivity (Wildman–Crippen MR) is 214 cm³/mol. The third kappa shape index (κ3) is 12.0. The van der Waals surface area contributed by atoms with Gasteiger partial charge in [0.1, 0.15) is 24.4 Å². The number of nitrogens with zero attached hydrogens (tertiary/aromatic N) is 3. The van der Waals surface area contributed by atoms with Crippen molar-refractivity contribution in [3.05, 3.63) is 125 Å². The van der Waals surface area contributed by atoms with Gasteiger partial charge in [0.2, 0.25) is 6.79 Å². The van der Waals surface area contributed by atoms with Crippen LogP contribution in [0.4, 0.5) is 9.59 Å². The van der Waals surface area contributed by atoms with E-state index < -0.39 is 25.0 Å². The maximum atomic E-state index is 13.1. The SMILES string of the molecule is NC(=NC(=O)OCc1ccccc1)c1ccc(-c2nc3cc(C(=O)NCCC(=O)OCOC(=O)OC4CCCCC4)ccc3n2CCCCc2ccccc2)cc1. The second-order valence-corrected chi connectivity index (χ2v) is 13.8. The van der Waals surface area contributed by atoms with Crippen LogP contribution in [0.1, 0.15) is 78.4 Å². The number of aliphatic imine (C=N–C) groups is 1. The van der Waals surface area contributed by atoms with Crippen LogP contribution < -0.4 is 11.1 Å². The van der Waals surface area contributed by atoms with Gasteiger partial charge in [-0.25, -0.2) is 14.6 Å². The van der Waals surface area contributed by atoms with Crippen LogP contribution in [0.5, 0.6) is 0 Å². The molecule has 57 heavy (non-hydrogen) atoms. The summed E-state index contributed by atoms with van der Waals surface area (Å²) < 4.78 is 22.5. The van der Waals surface area contributed by atoms with Gasteiger partial charge in [-0.2, -0.15) is 4.99 Å². The van der Waals surface area contributed by atoms with Crippen LogP contribution in [0.25, 0.3) is 22.4 Å². The lowest BCUT2D eigenvalue weighted by molar-refractivity contribution is -0.153. The first-order valence-corrected chi connectivity index (χ1v) is 19.3. The zero-order chi connectivity index (χ0) is 39.8. The van der Waals surface area contributed by atoms with Gasteiger partial charge in [-0.15, -0.1) is 0 Å². The normalized spacial score (nSPS) is 13.2. The third-order valence-electron chi connectivity index (χ3n) is 9.63. The summed E-state index contributed by atoms with van der Waals surface area (Å²) in [6.45, 7) is 0.241. The van der Waals surface area contributed by atoms with Gasteiger partial charge in [0.15, 0.2) is 0 Å². The Morgan fingerprint density at radius 2 is 1.49 bits per heavy atom. The molecular weight excluding hydrogens is 727 g/mol. The van der Waals surface area contributed by atoms with E-state index in [4.69, 9.17) is 29.7 Å². The highest BCUT2D eigenvalue weighted by molar-refractivity contribution is 6.03. The van der Waals surface area contributed by atoms with Crippen LogP contribution in [-0.2, 0) is 43.3 Å². The van der Waals surface area contributed by atoms with Gasteiger partial charge in [0.25, 0.3) is 5.91 Å². The molecule has 5 aromatic rings. The monoisotopic (exact) mass is 773 g/mol. The number of nitrogens with two attached hydrogens (primary N) is 1. The summed E-state index contributed by atoms with van der Waals surface area (Å²) in [4.78, 5) is 58.4. The molecule has 0 radical (unpaired) electrons. The fraction of sp³-hybridized carbons (Fsp3) is 0.318. The first kappa shape index (κ1) is 40.2. The van der Waals surface area contributed by atoms with Gasteiger partial charge in [0.05, 0.1) is 17.5 Å². The molecule has 1 fully saturated rings. The minimum atomic E-state index is -0.860. The minimum absolute atomic E-state index is 0.0207. The number of aryl methyl sites for hydroxylation is 2. The number of unbranched alkanes of at least 4 members (excludes halogenated alkanes) is 1. The van der Waals surface area contributed by atoms with E-state index in [9.17, 15) is 19.2 Å². The molecule has 6 rings (SSSR count). The maximum absolute atomic E-state index is 13.1. The molecule has 0 unspecified atom stereocenters. The number of amidine groups is 1. The van der Waals surface area contributed by atoms with Gasteiger partial charge in [-0.1, -0.05) is 91.3 Å². The lowest BCUT2D eigenvalue weighted by Crippen LogP contribution is -2.27. The fourth-order valence-electron chi connectivity index (χ4n) is 6.61. The van der Waals surface area contributed by atoms with Gasteiger partial charge < -0.3 is 34.6 Å². The molecule has 0 aliphatic heterocycles.